The van der Waals surface area contributed by atoms with E-state index >= 15 is 0 Å². The number of rotatable bonds is 7. The fourth-order valence-corrected chi connectivity index (χ4v) is 3.64. The van der Waals surface area contributed by atoms with E-state index in [4.69, 9.17) is 0 Å². The Bertz CT molecular complexity index is 773. The predicted molar refractivity (Wildman–Crippen MR) is 98.5 cm³/mol. The number of nitrogens with one attached hydrogen (secondary N) is 1. The third-order valence-electron chi connectivity index (χ3n) is 3.26. The second kappa shape index (κ2) is 8.32. The number of anilines is 1. The molecule has 0 aliphatic rings. The Labute approximate surface area is 147 Å². The first-order valence-corrected chi connectivity index (χ1v) is 9.93. The van der Waals surface area contributed by atoms with Gasteiger partial charge in [-0.15, -0.1) is 11.8 Å². The summed E-state index contributed by atoms with van der Waals surface area (Å²) in [6, 6.07) is 16.1. The van der Waals surface area contributed by atoms with Crippen LogP contribution in [0.3, 0.4) is 0 Å². The Kier molecular flexibility index (Phi) is 6.42. The largest absolute Gasteiger partial charge is 0.325 e. The number of hydrogen-bond acceptors (Lipinski definition) is 4. The fraction of sp³-hybridized carbons (Fsp3) is 0.235. The van der Waals surface area contributed by atoms with Crippen molar-refractivity contribution >= 4 is 33.4 Å². The first-order valence-electron chi connectivity index (χ1n) is 7.34. The van der Waals surface area contributed by atoms with E-state index in [0.29, 0.717) is 11.4 Å². The van der Waals surface area contributed by atoms with Crippen LogP contribution in [-0.4, -0.2) is 38.5 Å². The van der Waals surface area contributed by atoms with E-state index in [1.807, 2.05) is 30.3 Å². The average Bonchev–Trinajstić information content (AvgIpc) is 2.56. The van der Waals surface area contributed by atoms with Crippen molar-refractivity contribution in [1.82, 2.24) is 4.31 Å². The molecule has 0 saturated heterocycles. The minimum Gasteiger partial charge on any atom is -0.325 e. The van der Waals surface area contributed by atoms with Crippen LogP contribution in [0.15, 0.2) is 59.5 Å². The van der Waals surface area contributed by atoms with Gasteiger partial charge in [0, 0.05) is 25.5 Å². The average molecular weight is 364 g/mol. The molecule has 0 saturated carbocycles. The highest BCUT2D eigenvalue weighted by Gasteiger charge is 2.16. The summed E-state index contributed by atoms with van der Waals surface area (Å²) in [5.74, 6) is 1.00. The normalized spacial score (nSPS) is 11.5. The zero-order valence-electron chi connectivity index (χ0n) is 13.6. The van der Waals surface area contributed by atoms with Crippen LogP contribution in [0.5, 0.6) is 0 Å². The molecule has 128 valence electrons. The summed E-state index contributed by atoms with van der Waals surface area (Å²) in [6.45, 7) is 0. The molecule has 2 aromatic carbocycles. The molecule has 2 rings (SSSR count). The highest BCUT2D eigenvalue weighted by atomic mass is 32.2. The molecule has 0 aliphatic carbocycles. The first kappa shape index (κ1) is 18.5. The molecule has 1 N–H and O–H groups in total. The van der Waals surface area contributed by atoms with Gasteiger partial charge >= 0.3 is 0 Å². The molecule has 0 bridgehead atoms. The van der Waals surface area contributed by atoms with Gasteiger partial charge in [0.15, 0.2) is 0 Å². The van der Waals surface area contributed by atoms with Crippen molar-refractivity contribution in [3.05, 3.63) is 60.2 Å². The molecular weight excluding hydrogens is 344 g/mol. The monoisotopic (exact) mass is 364 g/mol. The van der Waals surface area contributed by atoms with Crippen molar-refractivity contribution in [3.63, 3.8) is 0 Å². The maximum Gasteiger partial charge on any atom is 0.242 e. The van der Waals surface area contributed by atoms with Crippen molar-refractivity contribution in [2.75, 3.05) is 25.2 Å². The van der Waals surface area contributed by atoms with Crippen molar-refractivity contribution in [2.24, 2.45) is 0 Å². The van der Waals surface area contributed by atoms with Crippen LogP contribution in [0.1, 0.15) is 5.56 Å². The molecule has 7 heteroatoms. The first-order chi connectivity index (χ1) is 11.4. The summed E-state index contributed by atoms with van der Waals surface area (Å²) in [7, 11) is -0.488. The van der Waals surface area contributed by atoms with Crippen LogP contribution >= 0.6 is 11.8 Å². The maximum absolute atomic E-state index is 12.0. The molecule has 2 aromatic rings. The van der Waals surface area contributed by atoms with Crippen LogP contribution in [0.4, 0.5) is 5.69 Å². The maximum atomic E-state index is 12.0. The lowest BCUT2D eigenvalue weighted by Gasteiger charge is -2.12. The van der Waals surface area contributed by atoms with Gasteiger partial charge < -0.3 is 5.32 Å². The van der Waals surface area contributed by atoms with E-state index in [2.05, 4.69) is 5.32 Å². The molecule has 0 aromatic heterocycles. The summed E-state index contributed by atoms with van der Waals surface area (Å²) in [5, 5.41) is 2.77. The number of benzene rings is 2. The van der Waals surface area contributed by atoms with E-state index in [1.54, 1.807) is 12.1 Å². The number of hydrogen-bond donors (Lipinski definition) is 1. The van der Waals surface area contributed by atoms with Gasteiger partial charge in [0.2, 0.25) is 15.9 Å². The van der Waals surface area contributed by atoms with Crippen LogP contribution in [0.2, 0.25) is 0 Å². The number of amides is 1. The summed E-state index contributed by atoms with van der Waals surface area (Å²) in [4.78, 5) is 12.1. The summed E-state index contributed by atoms with van der Waals surface area (Å²) in [5.41, 5.74) is 1.76. The van der Waals surface area contributed by atoms with E-state index < -0.39 is 10.0 Å². The minimum absolute atomic E-state index is 0.112. The number of nitrogens with zero attached hydrogens (tertiary/aromatic N) is 1. The highest BCUT2D eigenvalue weighted by molar-refractivity contribution is 7.99. The summed E-state index contributed by atoms with van der Waals surface area (Å²) >= 11 is 1.53. The van der Waals surface area contributed by atoms with Gasteiger partial charge in [-0.25, -0.2) is 12.7 Å². The number of carbonyl (C=O) groups is 1. The van der Waals surface area contributed by atoms with Crippen LogP contribution in [0, 0.1) is 0 Å². The van der Waals surface area contributed by atoms with Crippen molar-refractivity contribution in [2.45, 2.75) is 10.6 Å². The highest BCUT2D eigenvalue weighted by Crippen LogP contribution is 2.17. The zero-order valence-corrected chi connectivity index (χ0v) is 15.2. The van der Waals surface area contributed by atoms with E-state index in [9.17, 15) is 13.2 Å². The van der Waals surface area contributed by atoms with Crippen LogP contribution < -0.4 is 5.32 Å². The Morgan fingerprint density at radius 2 is 1.67 bits per heavy atom. The van der Waals surface area contributed by atoms with Gasteiger partial charge in [-0.1, -0.05) is 30.3 Å². The van der Waals surface area contributed by atoms with Crippen LogP contribution in [-0.2, 0) is 20.6 Å². The molecular formula is C17H20N2O3S2. The predicted octanol–water partition coefficient (Wildman–Crippen LogP) is 2.81. The van der Waals surface area contributed by atoms with Crippen molar-refractivity contribution < 1.29 is 13.2 Å². The van der Waals surface area contributed by atoms with Gasteiger partial charge in [-0.05, 0) is 29.8 Å². The standard InChI is InChI=1S/C17H20N2O3S2/c1-19(2)24(21,22)16-10-8-15(9-11-16)18-17(20)13-23-12-14-6-4-3-5-7-14/h3-11H,12-13H2,1-2H3,(H,18,20). The molecule has 1 amide bonds. The Balaban J connectivity index is 1.86. The Morgan fingerprint density at radius 1 is 1.04 bits per heavy atom. The molecule has 0 atom stereocenters. The molecule has 0 heterocycles. The smallest absolute Gasteiger partial charge is 0.242 e. The van der Waals surface area contributed by atoms with Gasteiger partial charge in [-0.3, -0.25) is 4.79 Å². The lowest BCUT2D eigenvalue weighted by atomic mass is 10.2. The van der Waals surface area contributed by atoms with Gasteiger partial charge in [-0.2, -0.15) is 0 Å². The minimum atomic E-state index is -3.45. The molecule has 0 fully saturated rings. The summed E-state index contributed by atoms with van der Waals surface area (Å²) in [6.07, 6.45) is 0. The van der Waals surface area contributed by atoms with E-state index in [0.717, 1.165) is 10.1 Å². The number of carbonyl (C=O) groups excluding carboxylic acids is 1. The summed E-state index contributed by atoms with van der Waals surface area (Å²) < 4.78 is 25.1. The zero-order chi connectivity index (χ0) is 17.6. The van der Waals surface area contributed by atoms with Gasteiger partial charge in [0.25, 0.3) is 0 Å². The molecule has 0 radical (unpaired) electrons. The molecule has 0 aliphatic heterocycles. The Morgan fingerprint density at radius 3 is 2.25 bits per heavy atom. The topological polar surface area (TPSA) is 66.5 Å². The Hall–Kier alpha value is -1.83. The van der Waals surface area contributed by atoms with Crippen LogP contribution in [0.25, 0.3) is 0 Å². The van der Waals surface area contributed by atoms with Crippen molar-refractivity contribution in [3.8, 4) is 0 Å². The van der Waals surface area contributed by atoms with E-state index in [1.165, 1.54) is 43.6 Å². The quantitative estimate of drug-likeness (QED) is 0.820. The second-order valence-corrected chi connectivity index (χ2v) is 8.48. The fourth-order valence-electron chi connectivity index (χ4n) is 1.95. The second-order valence-electron chi connectivity index (χ2n) is 5.34. The third-order valence-corrected chi connectivity index (χ3v) is 6.09. The van der Waals surface area contributed by atoms with Gasteiger partial charge in [0.1, 0.15) is 0 Å². The SMILES string of the molecule is CN(C)S(=O)(=O)c1ccc(NC(=O)CSCc2ccccc2)cc1. The lowest BCUT2D eigenvalue weighted by molar-refractivity contribution is -0.113. The molecule has 5 nitrogen and oxygen atoms in total. The number of sulfonamides is 1. The lowest BCUT2D eigenvalue weighted by Crippen LogP contribution is -2.22. The molecule has 24 heavy (non-hydrogen) atoms. The molecule has 0 unspecified atom stereocenters. The van der Waals surface area contributed by atoms with Crippen molar-refractivity contribution in [1.29, 1.82) is 0 Å². The molecule has 0 spiro atoms. The third kappa shape index (κ3) is 5.09. The van der Waals surface area contributed by atoms with Gasteiger partial charge in [0.05, 0.1) is 10.6 Å². The number of thioether (sulfide) groups is 1. The van der Waals surface area contributed by atoms with E-state index in [-0.39, 0.29) is 10.8 Å².